The largest absolute Gasteiger partial charge is 0.497 e. The molecule has 1 unspecified atom stereocenters. The average Bonchev–Trinajstić information content (AvgIpc) is 2.48. The molecule has 0 aliphatic heterocycles. The van der Waals surface area contributed by atoms with Gasteiger partial charge in [-0.15, -0.1) is 0 Å². The summed E-state index contributed by atoms with van der Waals surface area (Å²) in [5.41, 5.74) is 7.58. The summed E-state index contributed by atoms with van der Waals surface area (Å²) in [7, 11) is 3.81. The summed E-state index contributed by atoms with van der Waals surface area (Å²) in [5.74, 6) is 1.60. The fourth-order valence-electron chi connectivity index (χ4n) is 2.97. The number of rotatable bonds is 5. The van der Waals surface area contributed by atoms with Gasteiger partial charge in [0.2, 0.25) is 0 Å². The fourth-order valence-corrected chi connectivity index (χ4v) is 2.97. The van der Waals surface area contributed by atoms with Crippen LogP contribution in [0.4, 0.5) is 5.69 Å². The van der Waals surface area contributed by atoms with Crippen molar-refractivity contribution in [3.63, 3.8) is 0 Å². The van der Waals surface area contributed by atoms with Crippen LogP contribution in [-0.4, -0.2) is 26.7 Å². The quantitative estimate of drug-likeness (QED) is 0.886. The van der Waals surface area contributed by atoms with Gasteiger partial charge in [0.05, 0.1) is 7.11 Å². The molecular weight excluding hydrogens is 236 g/mol. The molecule has 0 amide bonds. The summed E-state index contributed by atoms with van der Waals surface area (Å²) in [5, 5.41) is 0. The normalized spacial score (nSPS) is 18.1. The number of hydrogen-bond acceptors (Lipinski definition) is 3. The lowest BCUT2D eigenvalue weighted by Crippen LogP contribution is -2.41. The summed E-state index contributed by atoms with van der Waals surface area (Å²) in [6, 6.07) is 8.46. The lowest BCUT2D eigenvalue weighted by molar-refractivity contribution is 0.306. The molecule has 2 rings (SSSR count). The molecule has 1 fully saturated rings. The first-order valence-corrected chi connectivity index (χ1v) is 7.31. The third-order valence-corrected chi connectivity index (χ3v) is 4.25. The van der Waals surface area contributed by atoms with Crippen LogP contribution in [0.1, 0.15) is 32.1 Å². The molecule has 0 heterocycles. The number of likely N-dealkylation sites (N-methyl/N-ethyl adjacent to an activating group) is 1. The van der Waals surface area contributed by atoms with Gasteiger partial charge in [0.1, 0.15) is 5.75 Å². The van der Waals surface area contributed by atoms with Crippen LogP contribution in [0.5, 0.6) is 5.75 Å². The molecule has 2 N–H and O–H groups in total. The van der Waals surface area contributed by atoms with E-state index in [9.17, 15) is 0 Å². The second-order valence-corrected chi connectivity index (χ2v) is 5.64. The molecule has 19 heavy (non-hydrogen) atoms. The average molecular weight is 262 g/mol. The van der Waals surface area contributed by atoms with Crippen molar-refractivity contribution < 1.29 is 4.74 Å². The summed E-state index contributed by atoms with van der Waals surface area (Å²) < 4.78 is 5.18. The Kier molecular flexibility index (Phi) is 5.08. The van der Waals surface area contributed by atoms with Gasteiger partial charge in [-0.05, 0) is 43.0 Å². The highest BCUT2D eigenvalue weighted by Crippen LogP contribution is 2.26. The number of nitrogens with two attached hydrogens (primary N) is 1. The van der Waals surface area contributed by atoms with Gasteiger partial charge in [-0.1, -0.05) is 19.3 Å². The Morgan fingerprint density at radius 2 is 1.84 bits per heavy atom. The molecule has 3 nitrogen and oxygen atoms in total. The SMILES string of the molecule is COc1ccc(N(C)CC(N)C2CCCCC2)cc1. The molecule has 0 bridgehead atoms. The Hall–Kier alpha value is -1.22. The van der Waals surface area contributed by atoms with E-state index in [1.807, 2.05) is 12.1 Å². The molecule has 3 heteroatoms. The smallest absolute Gasteiger partial charge is 0.119 e. The predicted molar refractivity (Wildman–Crippen MR) is 80.8 cm³/mol. The van der Waals surface area contributed by atoms with Gasteiger partial charge in [0.15, 0.2) is 0 Å². The second kappa shape index (κ2) is 6.80. The molecule has 1 aromatic rings. The minimum Gasteiger partial charge on any atom is -0.497 e. The number of nitrogens with zero attached hydrogens (tertiary/aromatic N) is 1. The van der Waals surface area contributed by atoms with Gasteiger partial charge in [-0.2, -0.15) is 0 Å². The van der Waals surface area contributed by atoms with E-state index >= 15 is 0 Å². The van der Waals surface area contributed by atoms with Crippen molar-refractivity contribution in [2.45, 2.75) is 38.1 Å². The Bertz CT molecular complexity index is 371. The van der Waals surface area contributed by atoms with Crippen molar-refractivity contribution in [3.05, 3.63) is 24.3 Å². The van der Waals surface area contributed by atoms with Crippen molar-refractivity contribution >= 4 is 5.69 Å². The van der Waals surface area contributed by atoms with Crippen LogP contribution >= 0.6 is 0 Å². The first-order valence-electron chi connectivity index (χ1n) is 7.31. The van der Waals surface area contributed by atoms with Crippen LogP contribution in [0.2, 0.25) is 0 Å². The molecule has 0 radical (unpaired) electrons. The minimum absolute atomic E-state index is 0.285. The first-order chi connectivity index (χ1) is 9.20. The molecule has 0 aromatic heterocycles. The van der Waals surface area contributed by atoms with E-state index in [0.29, 0.717) is 5.92 Å². The molecule has 0 saturated heterocycles. The minimum atomic E-state index is 0.285. The highest BCUT2D eigenvalue weighted by Gasteiger charge is 2.21. The summed E-state index contributed by atoms with van der Waals surface area (Å²) in [6.07, 6.45) is 6.70. The molecule has 106 valence electrons. The number of methoxy groups -OCH3 is 1. The third-order valence-electron chi connectivity index (χ3n) is 4.25. The monoisotopic (exact) mass is 262 g/mol. The molecule has 0 spiro atoms. The number of hydrogen-bond donors (Lipinski definition) is 1. The van der Waals surface area contributed by atoms with Crippen molar-refractivity contribution in [2.75, 3.05) is 25.6 Å². The van der Waals surface area contributed by atoms with E-state index in [0.717, 1.165) is 12.3 Å². The predicted octanol–water partition coefficient (Wildman–Crippen LogP) is 3.04. The maximum atomic E-state index is 6.38. The van der Waals surface area contributed by atoms with Gasteiger partial charge >= 0.3 is 0 Å². The van der Waals surface area contributed by atoms with E-state index in [2.05, 4.69) is 24.1 Å². The summed E-state index contributed by atoms with van der Waals surface area (Å²) in [4.78, 5) is 2.25. The van der Waals surface area contributed by atoms with Crippen LogP contribution in [0.15, 0.2) is 24.3 Å². The Balaban J connectivity index is 1.89. The van der Waals surface area contributed by atoms with Gasteiger partial charge in [0, 0.05) is 25.3 Å². The molecule has 1 aromatic carbocycles. The Morgan fingerprint density at radius 1 is 1.21 bits per heavy atom. The maximum absolute atomic E-state index is 6.38. The van der Waals surface area contributed by atoms with Crippen LogP contribution in [0.3, 0.4) is 0 Å². The van der Waals surface area contributed by atoms with Crippen molar-refractivity contribution in [3.8, 4) is 5.75 Å². The van der Waals surface area contributed by atoms with E-state index in [1.54, 1.807) is 7.11 Å². The zero-order valence-corrected chi connectivity index (χ0v) is 12.1. The van der Waals surface area contributed by atoms with Crippen molar-refractivity contribution in [1.82, 2.24) is 0 Å². The lowest BCUT2D eigenvalue weighted by atomic mass is 9.84. The molecule has 1 aliphatic carbocycles. The van der Waals surface area contributed by atoms with Gasteiger partial charge < -0.3 is 15.4 Å². The number of ether oxygens (including phenoxy) is 1. The zero-order chi connectivity index (χ0) is 13.7. The number of anilines is 1. The molecule has 1 aliphatic rings. The molecular formula is C16H26N2O. The standard InChI is InChI=1S/C16H26N2O/c1-18(14-8-10-15(19-2)11-9-14)12-16(17)13-6-4-3-5-7-13/h8-11,13,16H,3-7,12,17H2,1-2H3. The van der Waals surface area contributed by atoms with Crippen molar-refractivity contribution in [1.29, 1.82) is 0 Å². The maximum Gasteiger partial charge on any atom is 0.119 e. The van der Waals surface area contributed by atoms with Crippen molar-refractivity contribution in [2.24, 2.45) is 11.7 Å². The van der Waals surface area contributed by atoms with Gasteiger partial charge in [0.25, 0.3) is 0 Å². The van der Waals surface area contributed by atoms with Gasteiger partial charge in [-0.3, -0.25) is 0 Å². The van der Waals surface area contributed by atoms with Crippen LogP contribution < -0.4 is 15.4 Å². The van der Waals surface area contributed by atoms with Gasteiger partial charge in [-0.25, -0.2) is 0 Å². The van der Waals surface area contributed by atoms with E-state index in [-0.39, 0.29) is 6.04 Å². The number of benzene rings is 1. The zero-order valence-electron chi connectivity index (χ0n) is 12.1. The topological polar surface area (TPSA) is 38.5 Å². The highest BCUT2D eigenvalue weighted by atomic mass is 16.5. The Labute approximate surface area is 116 Å². The van der Waals surface area contributed by atoms with E-state index in [4.69, 9.17) is 10.5 Å². The summed E-state index contributed by atoms with van der Waals surface area (Å²) in [6.45, 7) is 0.928. The van der Waals surface area contributed by atoms with Crippen LogP contribution in [0, 0.1) is 5.92 Å². The molecule has 1 saturated carbocycles. The lowest BCUT2D eigenvalue weighted by Gasteiger charge is -2.31. The van der Waals surface area contributed by atoms with E-state index < -0.39 is 0 Å². The molecule has 1 atom stereocenters. The van der Waals surface area contributed by atoms with Crippen LogP contribution in [-0.2, 0) is 0 Å². The fraction of sp³-hybridized carbons (Fsp3) is 0.625. The van der Waals surface area contributed by atoms with E-state index in [1.165, 1.54) is 37.8 Å². The summed E-state index contributed by atoms with van der Waals surface area (Å²) >= 11 is 0. The highest BCUT2D eigenvalue weighted by molar-refractivity contribution is 5.48. The van der Waals surface area contributed by atoms with Crippen LogP contribution in [0.25, 0.3) is 0 Å². The second-order valence-electron chi connectivity index (χ2n) is 5.64. The first kappa shape index (κ1) is 14.2. The third kappa shape index (κ3) is 3.87. The Morgan fingerprint density at radius 3 is 2.42 bits per heavy atom.